The van der Waals surface area contributed by atoms with Gasteiger partial charge in [0.05, 0.1) is 17.1 Å². The number of rotatable bonds is 3. The first-order valence-electron chi connectivity index (χ1n) is 33.6. The van der Waals surface area contributed by atoms with E-state index in [1.807, 2.05) is 164 Å². The van der Waals surface area contributed by atoms with Crippen molar-refractivity contribution < 1.29 is 13.3 Å². The summed E-state index contributed by atoms with van der Waals surface area (Å²) >= 11 is 5.61. The van der Waals surface area contributed by atoms with Crippen LogP contribution in [0.3, 0.4) is 0 Å². The summed E-state index contributed by atoms with van der Waals surface area (Å²) < 4.78 is 24.5. The zero-order valence-electron chi connectivity index (χ0n) is 65.0. The van der Waals surface area contributed by atoms with Crippen molar-refractivity contribution in [2.45, 2.75) is 187 Å². The maximum absolute atomic E-state index is 5.60. The standard InChI is InChI=1S/C12H12O.C12H12S.C11H12N2.2C8H13N.C7H12N2.2C7H10O.2C7H10S/c2*1-9-8-12(13-10(9)2)11-6-4-3-5-7-11;1-9-8-10(2)13(12-9)11-6-4-3-5-7-11;2*1-6-5-7(2)9(4)8(6)3;1-5-6(2)9(4)7(3)8-5;4*1-5-4-6(2)8-7(5)3/h3*3-8H,1-2H3;2*5H,1-4H3;1-4H3;4*4H,1-3H3. The molecule has 0 bridgehead atoms. The minimum atomic E-state index is 0.954. The highest BCUT2D eigenvalue weighted by molar-refractivity contribution is 7.15. The molecule has 10 aromatic heterocycles. The molecule has 9 nitrogen and oxygen atoms in total. The van der Waals surface area contributed by atoms with Crippen molar-refractivity contribution in [3.05, 3.63) is 295 Å². The lowest BCUT2D eigenvalue weighted by Gasteiger charge is -2.02. The second-order valence-electron chi connectivity index (χ2n) is 25.6. The number of hydrogen-bond acceptors (Lipinski definition) is 8. The SMILES string of the molecule is Cc1cc(-c2ccccc2)oc1C.Cc1cc(-c2ccccc2)sc1C.Cc1cc(C)c(C)o1.Cc1cc(C)c(C)o1.Cc1cc(C)c(C)s1.Cc1cc(C)c(C)s1.Cc1cc(C)n(-c2ccccc2)n1.Cc1cc(C)n(C)c1C.Cc1cc(C)n(C)c1C.Cc1nc(C)n(C)c1C. The third-order valence-corrected chi connectivity index (χ3v) is 20.9. The van der Waals surface area contributed by atoms with Gasteiger partial charge in [0.25, 0.3) is 0 Å². The van der Waals surface area contributed by atoms with E-state index in [-0.39, 0.29) is 0 Å². The fraction of sp³-hybridized carbons (Fsp3) is 0.349. The molecule has 0 spiro atoms. The van der Waals surface area contributed by atoms with Crippen molar-refractivity contribution in [1.29, 1.82) is 0 Å². The summed E-state index contributed by atoms with van der Waals surface area (Å²) in [6, 6.07) is 50.2. The number of benzene rings is 3. The van der Waals surface area contributed by atoms with E-state index in [1.54, 1.807) is 0 Å². The van der Waals surface area contributed by atoms with Gasteiger partial charge in [-0.15, -0.1) is 34.0 Å². The Labute approximate surface area is 602 Å². The lowest BCUT2D eigenvalue weighted by atomic mass is 10.1. The summed E-state index contributed by atoms with van der Waals surface area (Å²) in [6.07, 6.45) is 0. The molecule has 0 aliphatic rings. The fourth-order valence-corrected chi connectivity index (χ4v) is 13.0. The van der Waals surface area contributed by atoms with Crippen molar-refractivity contribution >= 4 is 34.0 Å². The smallest absolute Gasteiger partial charge is 0.134 e. The third-order valence-electron chi connectivity index (χ3n) is 17.5. The molecule has 524 valence electrons. The van der Waals surface area contributed by atoms with Gasteiger partial charge in [-0.05, 0) is 304 Å². The molecule has 0 N–H and O–H groups in total. The van der Waals surface area contributed by atoms with Gasteiger partial charge in [-0.1, -0.05) is 78.9 Å². The van der Waals surface area contributed by atoms with Crippen LogP contribution in [0.4, 0.5) is 0 Å². The molecule has 0 atom stereocenters. The largest absolute Gasteiger partial charge is 0.466 e. The number of nitrogens with zero attached hydrogens (tertiary/aromatic N) is 6. The Morgan fingerprint density at radius 2 is 0.714 bits per heavy atom. The molecule has 12 heteroatoms. The minimum Gasteiger partial charge on any atom is -0.466 e. The predicted octanol–water partition coefficient (Wildman–Crippen LogP) is 25.1. The van der Waals surface area contributed by atoms with E-state index in [0.29, 0.717) is 0 Å². The highest BCUT2D eigenvalue weighted by Gasteiger charge is 2.07. The number of para-hydroxylation sites is 1. The van der Waals surface area contributed by atoms with Crippen LogP contribution in [-0.2, 0) is 21.1 Å². The van der Waals surface area contributed by atoms with E-state index in [1.165, 1.54) is 113 Å². The molecule has 0 radical (unpaired) electrons. The van der Waals surface area contributed by atoms with E-state index in [2.05, 4.69) is 253 Å². The van der Waals surface area contributed by atoms with Crippen LogP contribution in [0.2, 0.25) is 0 Å². The van der Waals surface area contributed by atoms with E-state index >= 15 is 0 Å². The Hall–Kier alpha value is -8.42. The van der Waals surface area contributed by atoms with Crippen LogP contribution in [0.15, 0.2) is 159 Å². The van der Waals surface area contributed by atoms with Gasteiger partial charge in [-0.2, -0.15) is 5.10 Å². The van der Waals surface area contributed by atoms with Gasteiger partial charge in [0.1, 0.15) is 40.4 Å². The molecular formula is C86H114N6O3S3. The number of aryl methyl sites for hydroxylation is 24. The molecule has 3 aromatic carbocycles. The maximum atomic E-state index is 5.60. The van der Waals surface area contributed by atoms with Crippen LogP contribution in [0.5, 0.6) is 0 Å². The van der Waals surface area contributed by atoms with Crippen molar-refractivity contribution in [1.82, 2.24) is 28.5 Å². The van der Waals surface area contributed by atoms with E-state index in [0.717, 1.165) is 63.0 Å². The Kier molecular flexibility index (Phi) is 32.8. The zero-order valence-corrected chi connectivity index (χ0v) is 67.4. The van der Waals surface area contributed by atoms with Crippen LogP contribution in [0.25, 0.3) is 27.5 Å². The first-order valence-corrected chi connectivity index (χ1v) is 36.1. The molecule has 0 aliphatic carbocycles. The molecule has 0 aliphatic heterocycles. The third kappa shape index (κ3) is 25.8. The van der Waals surface area contributed by atoms with Crippen molar-refractivity contribution in [2.75, 3.05) is 0 Å². The van der Waals surface area contributed by atoms with E-state index < -0.39 is 0 Å². The predicted molar refractivity (Wildman–Crippen MR) is 425 cm³/mol. The van der Waals surface area contributed by atoms with Gasteiger partial charge in [-0.25, -0.2) is 9.67 Å². The molecule has 0 saturated heterocycles. The minimum absolute atomic E-state index is 0.954. The Balaban J connectivity index is 0.000000233. The topological polar surface area (TPSA) is 84.9 Å². The van der Waals surface area contributed by atoms with Crippen molar-refractivity contribution in [2.24, 2.45) is 21.1 Å². The molecule has 0 saturated carbocycles. The van der Waals surface area contributed by atoms with Gasteiger partial charge in [0.15, 0.2) is 0 Å². The van der Waals surface area contributed by atoms with Crippen LogP contribution >= 0.6 is 34.0 Å². The average molecular weight is 1380 g/mol. The van der Waals surface area contributed by atoms with E-state index in [9.17, 15) is 0 Å². The summed E-state index contributed by atoms with van der Waals surface area (Å²) in [7, 11) is 6.22. The average Bonchev–Trinajstić information content (AvgIpc) is 1.68. The molecule has 0 unspecified atom stereocenters. The van der Waals surface area contributed by atoms with Crippen LogP contribution in [0, 0.1) is 187 Å². The Bertz CT molecular complexity index is 3940. The molecule has 98 heavy (non-hydrogen) atoms. The van der Waals surface area contributed by atoms with E-state index in [4.69, 9.17) is 13.3 Å². The monoisotopic (exact) mass is 1370 g/mol. The summed E-state index contributed by atoms with van der Waals surface area (Å²) in [5.74, 6) is 7.10. The van der Waals surface area contributed by atoms with Gasteiger partial charge >= 0.3 is 0 Å². The molecule has 13 rings (SSSR count). The fourth-order valence-electron chi connectivity index (χ4n) is 10.1. The highest BCUT2D eigenvalue weighted by Crippen LogP contribution is 2.30. The van der Waals surface area contributed by atoms with Gasteiger partial charge in [0, 0.05) is 90.1 Å². The second-order valence-corrected chi connectivity index (χ2v) is 29.8. The first kappa shape index (κ1) is 82.0. The second kappa shape index (κ2) is 39.2. The highest BCUT2D eigenvalue weighted by atomic mass is 32.1. The number of furan rings is 3. The number of aromatic nitrogens is 6. The molecule has 10 heterocycles. The van der Waals surface area contributed by atoms with Gasteiger partial charge in [-0.3, -0.25) is 0 Å². The van der Waals surface area contributed by atoms with Crippen LogP contribution in [-0.4, -0.2) is 28.5 Å². The van der Waals surface area contributed by atoms with Crippen molar-refractivity contribution in [3.8, 4) is 27.5 Å². The summed E-state index contributed by atoms with van der Waals surface area (Å²) in [5, 5.41) is 4.40. The molecule has 13 aromatic rings. The lowest BCUT2D eigenvalue weighted by Crippen LogP contribution is -1.97. The maximum Gasteiger partial charge on any atom is 0.134 e. The zero-order chi connectivity index (χ0) is 73.4. The molecule has 0 fully saturated rings. The van der Waals surface area contributed by atoms with Gasteiger partial charge < -0.3 is 27.0 Å². The first-order chi connectivity index (χ1) is 46.0. The number of thiophene rings is 3. The molecular weight excluding hydrogens is 1260 g/mol. The van der Waals surface area contributed by atoms with Crippen LogP contribution < -0.4 is 0 Å². The summed E-state index contributed by atoms with van der Waals surface area (Å²) in [6.45, 7) is 56.3. The number of hydrogen-bond donors (Lipinski definition) is 0. The lowest BCUT2D eigenvalue weighted by molar-refractivity contribution is 0.502. The number of imidazole rings is 1. The quantitative estimate of drug-likeness (QED) is 0.176. The Morgan fingerprint density at radius 3 is 0.939 bits per heavy atom. The van der Waals surface area contributed by atoms with Crippen LogP contribution in [0.1, 0.15) is 149 Å². The summed E-state index contributed by atoms with van der Waals surface area (Å²) in [5.41, 5.74) is 24.3. The molecule has 0 amide bonds. The Morgan fingerprint density at radius 1 is 0.327 bits per heavy atom. The van der Waals surface area contributed by atoms with Gasteiger partial charge in [0.2, 0.25) is 0 Å². The normalized spacial score (nSPS) is 10.1. The van der Waals surface area contributed by atoms with Crippen molar-refractivity contribution in [3.63, 3.8) is 0 Å². The summed E-state index contributed by atoms with van der Waals surface area (Å²) in [4.78, 5) is 12.8.